The van der Waals surface area contributed by atoms with E-state index in [1.54, 1.807) is 12.1 Å². The summed E-state index contributed by atoms with van der Waals surface area (Å²) in [6.07, 6.45) is 2.97. The molecule has 0 aliphatic rings. The van der Waals surface area contributed by atoms with E-state index in [1.165, 1.54) is 24.6 Å². The van der Waals surface area contributed by atoms with Gasteiger partial charge in [-0.2, -0.15) is 10.2 Å². The molecule has 13 heteroatoms. The van der Waals surface area contributed by atoms with Gasteiger partial charge in [0.25, 0.3) is 0 Å². The van der Waals surface area contributed by atoms with Gasteiger partial charge in [0, 0.05) is 0 Å². The van der Waals surface area contributed by atoms with Crippen molar-refractivity contribution in [2.75, 3.05) is 10.9 Å². The second kappa shape index (κ2) is 15.8. The van der Waals surface area contributed by atoms with E-state index in [2.05, 4.69) is 41.0 Å². The molecule has 0 saturated carbocycles. The molecular formula is C38H24Cl2CuN8O2. The molecule has 0 bridgehead atoms. The first kappa shape index (κ1) is 35.0. The number of hydrogen-bond acceptors (Lipinski definition) is 10. The second-order valence-electron chi connectivity index (χ2n) is 10.8. The number of hydrogen-bond donors (Lipinski definition) is 2. The smallest absolute Gasteiger partial charge is 0.872 e. The Labute approximate surface area is 312 Å². The van der Waals surface area contributed by atoms with Crippen molar-refractivity contribution in [1.82, 2.24) is 19.9 Å². The molecule has 0 atom stereocenters. The minimum Gasteiger partial charge on any atom is -0.872 e. The van der Waals surface area contributed by atoms with Gasteiger partial charge in [-0.25, -0.2) is 19.9 Å². The maximum Gasteiger partial charge on any atom is 2.00 e. The molecular weight excluding hydrogens is 735 g/mol. The van der Waals surface area contributed by atoms with Crippen LogP contribution >= 0.6 is 23.2 Å². The maximum atomic E-state index is 12.1. The Morgan fingerprint density at radius 2 is 0.824 bits per heavy atom. The van der Waals surface area contributed by atoms with Crippen molar-refractivity contribution in [2.24, 2.45) is 10.2 Å². The van der Waals surface area contributed by atoms with Crippen LogP contribution in [0.3, 0.4) is 0 Å². The minimum absolute atomic E-state index is 0. The summed E-state index contributed by atoms with van der Waals surface area (Å²) in [6, 6.07) is 36.8. The largest absolute Gasteiger partial charge is 2.00 e. The third kappa shape index (κ3) is 7.82. The number of fused-ring (bicyclic) bond motifs is 4. The summed E-state index contributed by atoms with van der Waals surface area (Å²) >= 11 is 12.3. The van der Waals surface area contributed by atoms with Crippen molar-refractivity contribution in [3.05, 3.63) is 143 Å². The van der Waals surface area contributed by atoms with Crippen LogP contribution < -0.4 is 21.1 Å². The maximum absolute atomic E-state index is 12.1. The molecule has 8 aromatic rings. The molecule has 0 amide bonds. The summed E-state index contributed by atoms with van der Waals surface area (Å²) in [5, 5.41) is 36.6. The van der Waals surface area contributed by atoms with E-state index in [-0.39, 0.29) is 38.9 Å². The van der Waals surface area contributed by atoms with Crippen LogP contribution in [0, 0.1) is 0 Å². The fourth-order valence-corrected chi connectivity index (χ4v) is 5.58. The van der Waals surface area contributed by atoms with Crippen LogP contribution in [0.4, 0.5) is 11.6 Å². The van der Waals surface area contributed by atoms with Crippen molar-refractivity contribution in [3.63, 3.8) is 0 Å². The van der Waals surface area contributed by atoms with E-state index in [0.29, 0.717) is 44.8 Å². The normalized spacial score (nSPS) is 11.2. The van der Waals surface area contributed by atoms with Crippen molar-refractivity contribution in [2.45, 2.75) is 0 Å². The molecule has 0 saturated heterocycles. The first-order chi connectivity index (χ1) is 24.4. The van der Waals surface area contributed by atoms with E-state index in [1.807, 2.05) is 97.1 Å². The quantitative estimate of drug-likeness (QED) is 0.0989. The topological polar surface area (TPSA) is 146 Å². The zero-order chi connectivity index (χ0) is 34.5. The van der Waals surface area contributed by atoms with Gasteiger partial charge >= 0.3 is 17.1 Å². The number of hydrazone groups is 2. The third-order valence-electron chi connectivity index (χ3n) is 7.65. The minimum atomic E-state index is -0.0973. The predicted molar refractivity (Wildman–Crippen MR) is 198 cm³/mol. The first-order valence-corrected chi connectivity index (χ1v) is 16.0. The molecule has 2 N–H and O–H groups in total. The molecule has 0 spiro atoms. The van der Waals surface area contributed by atoms with Gasteiger partial charge in [-0.3, -0.25) is 10.9 Å². The van der Waals surface area contributed by atoms with Crippen LogP contribution in [0.2, 0.25) is 10.3 Å². The Morgan fingerprint density at radius 3 is 1.24 bits per heavy atom. The van der Waals surface area contributed by atoms with Crippen molar-refractivity contribution in [1.29, 1.82) is 0 Å². The SMILES string of the molecule is [Cu+2].[O-]c1ccc2ccccc2c1/C=N/Nc1nc2ccccc2nc1Cl.[O-]c1ccc2ccccc2c1/C=N/Nc1nc2ccccc2nc1Cl. The zero-order valence-corrected chi connectivity index (χ0v) is 28.7. The van der Waals surface area contributed by atoms with E-state index >= 15 is 0 Å². The molecule has 253 valence electrons. The van der Waals surface area contributed by atoms with Gasteiger partial charge in [0.05, 0.1) is 34.5 Å². The number of para-hydroxylation sites is 4. The molecule has 2 aromatic heterocycles. The number of rotatable bonds is 6. The van der Waals surface area contributed by atoms with Crippen LogP contribution in [0.15, 0.2) is 132 Å². The molecule has 1 radical (unpaired) electrons. The second-order valence-corrected chi connectivity index (χ2v) is 11.6. The number of nitrogens with zero attached hydrogens (tertiary/aromatic N) is 6. The molecule has 0 unspecified atom stereocenters. The van der Waals surface area contributed by atoms with Gasteiger partial charge in [-0.15, -0.1) is 0 Å². The van der Waals surface area contributed by atoms with Crippen LogP contribution in [-0.2, 0) is 17.1 Å². The van der Waals surface area contributed by atoms with Crippen molar-refractivity contribution >= 4 is 90.9 Å². The third-order valence-corrected chi connectivity index (χ3v) is 8.17. The average molecular weight is 759 g/mol. The molecule has 6 aromatic carbocycles. The Morgan fingerprint density at radius 1 is 0.471 bits per heavy atom. The Balaban J connectivity index is 0.000000172. The van der Waals surface area contributed by atoms with Crippen LogP contribution in [-0.4, -0.2) is 32.4 Å². The van der Waals surface area contributed by atoms with Gasteiger partial charge in [-0.1, -0.05) is 132 Å². The Bertz CT molecular complexity index is 2410. The number of anilines is 2. The number of benzene rings is 6. The summed E-state index contributed by atoms with van der Waals surface area (Å²) in [6.45, 7) is 0. The molecule has 51 heavy (non-hydrogen) atoms. The molecule has 10 nitrogen and oxygen atoms in total. The average Bonchev–Trinajstić information content (AvgIpc) is 3.14. The summed E-state index contributed by atoms with van der Waals surface area (Å²) in [7, 11) is 0. The number of halogens is 2. The van der Waals surface area contributed by atoms with Crippen molar-refractivity contribution in [3.8, 4) is 11.5 Å². The molecule has 8 rings (SSSR count). The number of nitrogens with one attached hydrogen (secondary N) is 2. The van der Waals surface area contributed by atoms with Gasteiger partial charge in [0.1, 0.15) is 0 Å². The van der Waals surface area contributed by atoms with E-state index in [9.17, 15) is 10.2 Å². The fourth-order valence-electron chi connectivity index (χ4n) is 5.23. The Hall–Kier alpha value is -5.84. The monoisotopic (exact) mass is 757 g/mol. The fraction of sp³-hybridized carbons (Fsp3) is 0. The van der Waals surface area contributed by atoms with E-state index < -0.39 is 0 Å². The van der Waals surface area contributed by atoms with Gasteiger partial charge in [0.2, 0.25) is 0 Å². The van der Waals surface area contributed by atoms with Crippen LogP contribution in [0.1, 0.15) is 11.1 Å². The molecule has 0 aliphatic heterocycles. The summed E-state index contributed by atoms with van der Waals surface area (Å²) in [5.41, 5.74) is 9.39. The van der Waals surface area contributed by atoms with E-state index in [4.69, 9.17) is 23.2 Å². The van der Waals surface area contributed by atoms with Crippen LogP contribution in [0.5, 0.6) is 11.5 Å². The van der Waals surface area contributed by atoms with Crippen LogP contribution in [0.25, 0.3) is 43.6 Å². The molecule has 0 aliphatic carbocycles. The summed E-state index contributed by atoms with van der Waals surface area (Å²) in [4.78, 5) is 17.3. The standard InChI is InChI=1S/2C19H13ClN4O.Cu/c2*20-18-19(23-16-8-4-3-7-15(16)22-18)24-21-11-14-13-6-2-1-5-12(13)9-10-17(14)25;/h2*1-11,25H,(H,23,24);/q;;+2/p-2/b2*21-11+;. The number of aromatic nitrogens is 4. The van der Waals surface area contributed by atoms with Gasteiger partial charge in [0.15, 0.2) is 21.9 Å². The van der Waals surface area contributed by atoms with Gasteiger partial charge < -0.3 is 10.2 Å². The Kier molecular flexibility index (Phi) is 10.8. The zero-order valence-electron chi connectivity index (χ0n) is 26.3. The first-order valence-electron chi connectivity index (χ1n) is 15.2. The predicted octanol–water partition coefficient (Wildman–Crippen LogP) is 7.91. The van der Waals surface area contributed by atoms with E-state index in [0.717, 1.165) is 21.5 Å². The van der Waals surface area contributed by atoms with Gasteiger partial charge in [-0.05, 0) is 56.9 Å². The van der Waals surface area contributed by atoms with Crippen molar-refractivity contribution < 1.29 is 27.3 Å². The summed E-state index contributed by atoms with van der Waals surface area (Å²) in [5.74, 6) is 0.480. The summed E-state index contributed by atoms with van der Waals surface area (Å²) < 4.78 is 0. The molecule has 2 heterocycles. The molecule has 0 fully saturated rings.